The van der Waals surface area contributed by atoms with E-state index in [0.717, 1.165) is 18.5 Å². The van der Waals surface area contributed by atoms with Gasteiger partial charge in [0.15, 0.2) is 0 Å². The number of methoxy groups -OCH3 is 2. The first-order valence-electron chi connectivity index (χ1n) is 7.08. The van der Waals surface area contributed by atoms with E-state index in [1.54, 1.807) is 44.6 Å². The maximum atomic E-state index is 12.3. The van der Waals surface area contributed by atoms with Crippen LogP contribution in [0.25, 0.3) is 6.08 Å². The molecule has 0 saturated heterocycles. The summed E-state index contributed by atoms with van der Waals surface area (Å²) >= 11 is 4.32. The number of hydrogen-bond donors (Lipinski definition) is 1. The molecular formula is C18H14I2N2O3. The van der Waals surface area contributed by atoms with E-state index < -0.39 is 5.91 Å². The summed E-state index contributed by atoms with van der Waals surface area (Å²) in [6, 6.07) is 12.6. The van der Waals surface area contributed by atoms with Crippen LogP contribution in [0.1, 0.15) is 5.56 Å². The van der Waals surface area contributed by atoms with Crippen molar-refractivity contribution in [2.45, 2.75) is 0 Å². The molecule has 0 fully saturated rings. The van der Waals surface area contributed by atoms with E-state index in [1.807, 2.05) is 18.2 Å². The minimum atomic E-state index is -0.464. The molecule has 128 valence electrons. The van der Waals surface area contributed by atoms with Crippen molar-refractivity contribution in [3.8, 4) is 17.6 Å². The van der Waals surface area contributed by atoms with Crippen molar-refractivity contribution in [3.05, 3.63) is 54.7 Å². The first-order chi connectivity index (χ1) is 12.0. The maximum absolute atomic E-state index is 12.3. The fourth-order valence-corrected chi connectivity index (χ4v) is 4.30. The molecule has 7 heteroatoms. The molecular weight excluding hydrogens is 546 g/mol. The monoisotopic (exact) mass is 560 g/mol. The Kier molecular flexibility index (Phi) is 7.07. The summed E-state index contributed by atoms with van der Waals surface area (Å²) < 4.78 is 12.2. The molecule has 0 aromatic heterocycles. The predicted octanol–water partition coefficient (Wildman–Crippen LogP) is 4.46. The zero-order chi connectivity index (χ0) is 18.4. The average molecular weight is 560 g/mol. The normalized spacial score (nSPS) is 10.8. The van der Waals surface area contributed by atoms with Crippen molar-refractivity contribution < 1.29 is 14.3 Å². The van der Waals surface area contributed by atoms with Gasteiger partial charge in [0, 0.05) is 5.69 Å². The van der Waals surface area contributed by atoms with Gasteiger partial charge in [-0.25, -0.2) is 0 Å². The third-order valence-corrected chi connectivity index (χ3v) is 4.85. The summed E-state index contributed by atoms with van der Waals surface area (Å²) in [7, 11) is 3.18. The molecule has 1 amide bonds. The number of ether oxygens (including phenoxy) is 2. The number of nitriles is 1. The van der Waals surface area contributed by atoms with Gasteiger partial charge in [-0.05, 0) is 93.2 Å². The number of halogens is 2. The molecule has 2 aromatic carbocycles. The summed E-state index contributed by atoms with van der Waals surface area (Å²) in [6.45, 7) is 0. The van der Waals surface area contributed by atoms with Crippen LogP contribution in [0.4, 0.5) is 5.69 Å². The molecule has 0 atom stereocenters. The minimum absolute atomic E-state index is 0.0209. The highest BCUT2D eigenvalue weighted by atomic mass is 127. The van der Waals surface area contributed by atoms with Gasteiger partial charge in [-0.3, -0.25) is 4.79 Å². The Morgan fingerprint density at radius 2 is 1.72 bits per heavy atom. The quantitative estimate of drug-likeness (QED) is 0.334. The van der Waals surface area contributed by atoms with Crippen LogP contribution in [0.2, 0.25) is 0 Å². The topological polar surface area (TPSA) is 71.3 Å². The average Bonchev–Trinajstić information content (AvgIpc) is 2.60. The fourth-order valence-electron chi connectivity index (χ4n) is 2.05. The lowest BCUT2D eigenvalue weighted by Gasteiger charge is -2.08. The molecule has 0 aliphatic rings. The van der Waals surface area contributed by atoms with Gasteiger partial charge in [-0.15, -0.1) is 0 Å². The molecule has 1 N–H and O–H groups in total. The molecule has 0 unspecified atom stereocenters. The number of rotatable bonds is 5. The van der Waals surface area contributed by atoms with Crippen LogP contribution < -0.4 is 14.8 Å². The summed E-state index contributed by atoms with van der Waals surface area (Å²) in [6.07, 6.45) is 1.56. The smallest absolute Gasteiger partial charge is 0.266 e. The second kappa shape index (κ2) is 9.05. The Morgan fingerprint density at radius 1 is 1.12 bits per heavy atom. The van der Waals surface area contributed by atoms with E-state index in [4.69, 9.17) is 9.47 Å². The second-order valence-electron chi connectivity index (χ2n) is 4.87. The summed E-state index contributed by atoms with van der Waals surface area (Å²) in [5.74, 6) is 1.00. The molecule has 0 radical (unpaired) electrons. The van der Waals surface area contributed by atoms with Gasteiger partial charge >= 0.3 is 0 Å². The molecule has 0 heterocycles. The highest BCUT2D eigenvalue weighted by Gasteiger charge is 2.12. The van der Waals surface area contributed by atoms with Crippen LogP contribution >= 0.6 is 45.2 Å². The number of carbonyl (C=O) groups excluding carboxylic acids is 1. The molecule has 5 nitrogen and oxygen atoms in total. The predicted molar refractivity (Wildman–Crippen MR) is 114 cm³/mol. The van der Waals surface area contributed by atoms with Crippen molar-refractivity contribution >= 4 is 62.9 Å². The van der Waals surface area contributed by atoms with Crippen LogP contribution in [-0.4, -0.2) is 20.1 Å². The number of hydrogen-bond acceptors (Lipinski definition) is 4. The molecule has 0 spiro atoms. The number of anilines is 1. The van der Waals surface area contributed by atoms with Gasteiger partial charge in [0.25, 0.3) is 5.91 Å². The van der Waals surface area contributed by atoms with E-state index >= 15 is 0 Å². The van der Waals surface area contributed by atoms with E-state index in [2.05, 4.69) is 50.5 Å². The van der Waals surface area contributed by atoms with E-state index in [9.17, 15) is 10.1 Å². The van der Waals surface area contributed by atoms with Crippen molar-refractivity contribution in [1.82, 2.24) is 0 Å². The van der Waals surface area contributed by atoms with Crippen LogP contribution in [0.5, 0.6) is 11.5 Å². The lowest BCUT2D eigenvalue weighted by Crippen LogP contribution is -2.13. The summed E-state index contributed by atoms with van der Waals surface area (Å²) in [5.41, 5.74) is 1.37. The first kappa shape index (κ1) is 19.5. The molecule has 0 bridgehead atoms. The van der Waals surface area contributed by atoms with Gasteiger partial charge in [0.1, 0.15) is 23.1 Å². The Hall–Kier alpha value is -1.80. The van der Waals surface area contributed by atoms with Crippen LogP contribution in [0, 0.1) is 18.5 Å². The van der Waals surface area contributed by atoms with Crippen LogP contribution in [0.15, 0.2) is 42.0 Å². The molecule has 0 aliphatic carbocycles. The SMILES string of the molecule is COc1ccc(NC(=O)/C(C#N)=C\c2cc(I)c(OC)c(I)c2)cc1. The third-order valence-electron chi connectivity index (χ3n) is 3.25. The summed E-state index contributed by atoms with van der Waals surface area (Å²) in [4.78, 5) is 12.3. The number of nitrogens with one attached hydrogen (secondary N) is 1. The Balaban J connectivity index is 2.24. The van der Waals surface area contributed by atoms with Crippen molar-refractivity contribution in [2.75, 3.05) is 19.5 Å². The maximum Gasteiger partial charge on any atom is 0.266 e. The van der Waals surface area contributed by atoms with Gasteiger partial charge in [0.05, 0.1) is 21.4 Å². The van der Waals surface area contributed by atoms with Crippen molar-refractivity contribution in [1.29, 1.82) is 5.26 Å². The zero-order valence-corrected chi connectivity index (χ0v) is 17.8. The fraction of sp³-hybridized carbons (Fsp3) is 0.111. The minimum Gasteiger partial charge on any atom is -0.497 e. The lowest BCUT2D eigenvalue weighted by atomic mass is 10.1. The van der Waals surface area contributed by atoms with Gasteiger partial charge < -0.3 is 14.8 Å². The highest BCUT2D eigenvalue weighted by molar-refractivity contribution is 14.1. The highest BCUT2D eigenvalue weighted by Crippen LogP contribution is 2.29. The van der Waals surface area contributed by atoms with Crippen LogP contribution in [0.3, 0.4) is 0 Å². The lowest BCUT2D eigenvalue weighted by molar-refractivity contribution is -0.112. The third kappa shape index (κ3) is 5.09. The van der Waals surface area contributed by atoms with E-state index in [1.165, 1.54) is 0 Å². The Labute approximate surface area is 173 Å². The molecule has 25 heavy (non-hydrogen) atoms. The Morgan fingerprint density at radius 3 is 2.20 bits per heavy atom. The van der Waals surface area contributed by atoms with E-state index in [0.29, 0.717) is 11.4 Å². The van der Waals surface area contributed by atoms with E-state index in [-0.39, 0.29) is 5.57 Å². The number of carbonyl (C=O) groups is 1. The number of benzene rings is 2. The summed E-state index contributed by atoms with van der Waals surface area (Å²) in [5, 5.41) is 12.0. The van der Waals surface area contributed by atoms with Gasteiger partial charge in [-0.1, -0.05) is 0 Å². The largest absolute Gasteiger partial charge is 0.497 e. The number of amides is 1. The first-order valence-corrected chi connectivity index (χ1v) is 9.24. The van der Waals surface area contributed by atoms with Crippen LogP contribution in [-0.2, 0) is 4.79 Å². The van der Waals surface area contributed by atoms with Crippen molar-refractivity contribution in [3.63, 3.8) is 0 Å². The number of nitrogens with zero attached hydrogens (tertiary/aromatic N) is 1. The molecule has 0 aliphatic heterocycles. The molecule has 2 aromatic rings. The zero-order valence-electron chi connectivity index (χ0n) is 13.5. The van der Waals surface area contributed by atoms with Crippen molar-refractivity contribution in [2.24, 2.45) is 0 Å². The molecule has 0 saturated carbocycles. The van der Waals surface area contributed by atoms with Gasteiger partial charge in [0.2, 0.25) is 0 Å². The second-order valence-corrected chi connectivity index (χ2v) is 7.19. The van der Waals surface area contributed by atoms with Gasteiger partial charge in [-0.2, -0.15) is 5.26 Å². The Bertz CT molecular complexity index is 833. The molecule has 2 rings (SSSR count). The standard InChI is InChI=1S/C18H14I2N2O3/c1-24-14-5-3-13(4-6-14)22-18(23)12(10-21)7-11-8-15(19)17(25-2)16(20)9-11/h3-9H,1-2H3,(H,22,23)/b12-7-.